The van der Waals surface area contributed by atoms with Gasteiger partial charge in [0, 0.05) is 17.1 Å². The van der Waals surface area contributed by atoms with Crippen LogP contribution in [0.3, 0.4) is 0 Å². The van der Waals surface area contributed by atoms with Crippen molar-refractivity contribution in [2.24, 2.45) is 11.7 Å². The van der Waals surface area contributed by atoms with Crippen molar-refractivity contribution < 1.29 is 9.47 Å². The summed E-state index contributed by atoms with van der Waals surface area (Å²) in [7, 11) is 0. The molecule has 0 aliphatic heterocycles. The number of nitrogens with two attached hydrogens (primary N) is 1. The average molecular weight is 316 g/mol. The fourth-order valence-electron chi connectivity index (χ4n) is 1.50. The molecule has 0 bridgehead atoms. The van der Waals surface area contributed by atoms with Gasteiger partial charge < -0.3 is 15.2 Å². The zero-order valence-corrected chi connectivity index (χ0v) is 12.9. The van der Waals surface area contributed by atoms with E-state index in [1.807, 2.05) is 25.1 Å². The Labute approximate surface area is 118 Å². The summed E-state index contributed by atoms with van der Waals surface area (Å²) in [5.74, 6) is 1.39. The molecule has 1 rings (SSSR count). The predicted octanol–water partition coefficient (Wildman–Crippen LogP) is 3.52. The van der Waals surface area contributed by atoms with Gasteiger partial charge >= 0.3 is 0 Å². The zero-order chi connectivity index (χ0) is 13.5. The lowest BCUT2D eigenvalue weighted by Gasteiger charge is -2.12. The summed E-state index contributed by atoms with van der Waals surface area (Å²) in [5, 5.41) is 0. The zero-order valence-electron chi connectivity index (χ0n) is 11.3. The van der Waals surface area contributed by atoms with E-state index in [-0.39, 0.29) is 6.04 Å². The van der Waals surface area contributed by atoms with E-state index in [1.54, 1.807) is 0 Å². The molecule has 18 heavy (non-hydrogen) atoms. The fourth-order valence-corrected chi connectivity index (χ4v) is 2.22. The first-order valence-corrected chi connectivity index (χ1v) is 7.05. The highest BCUT2D eigenvalue weighted by Crippen LogP contribution is 2.26. The molecule has 0 aliphatic carbocycles. The van der Waals surface area contributed by atoms with E-state index in [4.69, 9.17) is 15.2 Å². The quantitative estimate of drug-likeness (QED) is 0.783. The van der Waals surface area contributed by atoms with Crippen molar-refractivity contribution in [3.63, 3.8) is 0 Å². The highest BCUT2D eigenvalue weighted by atomic mass is 79.9. The normalized spacial score (nSPS) is 12.8. The summed E-state index contributed by atoms with van der Waals surface area (Å²) in [6, 6.07) is 5.88. The molecule has 0 aliphatic rings. The Balaban J connectivity index is 2.37. The molecular formula is C14H22BrNO2. The lowest BCUT2D eigenvalue weighted by atomic mass is 10.1. The highest BCUT2D eigenvalue weighted by molar-refractivity contribution is 9.10. The van der Waals surface area contributed by atoms with Gasteiger partial charge in [-0.25, -0.2) is 0 Å². The van der Waals surface area contributed by atoms with Crippen LogP contribution in [0.5, 0.6) is 5.75 Å². The first-order valence-electron chi connectivity index (χ1n) is 6.26. The SMILES string of the molecule is CC(C)COCCOc1ccc(C(C)N)c(Br)c1. The molecule has 0 spiro atoms. The van der Waals surface area contributed by atoms with Crippen molar-refractivity contribution in [3.05, 3.63) is 28.2 Å². The molecule has 0 saturated heterocycles. The van der Waals surface area contributed by atoms with Crippen molar-refractivity contribution in [3.8, 4) is 5.75 Å². The average Bonchev–Trinajstić information content (AvgIpc) is 2.27. The number of rotatable bonds is 7. The van der Waals surface area contributed by atoms with Crippen LogP contribution in [0.1, 0.15) is 32.4 Å². The molecule has 0 heterocycles. The van der Waals surface area contributed by atoms with Gasteiger partial charge in [-0.15, -0.1) is 0 Å². The van der Waals surface area contributed by atoms with Crippen LogP contribution >= 0.6 is 15.9 Å². The smallest absolute Gasteiger partial charge is 0.120 e. The molecule has 0 saturated carbocycles. The lowest BCUT2D eigenvalue weighted by Crippen LogP contribution is -2.10. The van der Waals surface area contributed by atoms with Gasteiger partial charge in [0.1, 0.15) is 12.4 Å². The van der Waals surface area contributed by atoms with Crippen molar-refractivity contribution in [2.75, 3.05) is 19.8 Å². The van der Waals surface area contributed by atoms with E-state index < -0.39 is 0 Å². The summed E-state index contributed by atoms with van der Waals surface area (Å²) in [5.41, 5.74) is 6.92. The van der Waals surface area contributed by atoms with E-state index in [0.29, 0.717) is 19.1 Å². The molecule has 1 aromatic carbocycles. The lowest BCUT2D eigenvalue weighted by molar-refractivity contribution is 0.0819. The summed E-state index contributed by atoms with van der Waals surface area (Å²) >= 11 is 3.50. The molecular weight excluding hydrogens is 294 g/mol. The summed E-state index contributed by atoms with van der Waals surface area (Å²) < 4.78 is 12.0. The summed E-state index contributed by atoms with van der Waals surface area (Å²) in [4.78, 5) is 0. The van der Waals surface area contributed by atoms with E-state index in [0.717, 1.165) is 22.4 Å². The molecule has 1 atom stereocenters. The maximum atomic E-state index is 5.84. The molecule has 1 aromatic rings. The number of ether oxygens (including phenoxy) is 2. The molecule has 0 amide bonds. The molecule has 3 nitrogen and oxygen atoms in total. The van der Waals surface area contributed by atoms with Crippen molar-refractivity contribution in [1.82, 2.24) is 0 Å². The third-order valence-corrected chi connectivity index (χ3v) is 3.10. The second-order valence-electron chi connectivity index (χ2n) is 4.79. The first kappa shape index (κ1) is 15.5. The minimum absolute atomic E-state index is 0.0165. The van der Waals surface area contributed by atoms with Crippen LogP contribution in [0.25, 0.3) is 0 Å². The monoisotopic (exact) mass is 315 g/mol. The molecule has 102 valence electrons. The fraction of sp³-hybridized carbons (Fsp3) is 0.571. The Bertz CT molecular complexity index is 367. The number of hydrogen-bond donors (Lipinski definition) is 1. The van der Waals surface area contributed by atoms with Gasteiger partial charge in [-0.3, -0.25) is 0 Å². The second-order valence-corrected chi connectivity index (χ2v) is 5.64. The Kier molecular flexibility index (Phi) is 6.68. The summed E-state index contributed by atoms with van der Waals surface area (Å²) in [6.07, 6.45) is 0. The Morgan fingerprint density at radius 3 is 2.50 bits per heavy atom. The van der Waals surface area contributed by atoms with Crippen LogP contribution in [0.2, 0.25) is 0 Å². The van der Waals surface area contributed by atoms with Gasteiger partial charge in [-0.2, -0.15) is 0 Å². The van der Waals surface area contributed by atoms with E-state index >= 15 is 0 Å². The van der Waals surface area contributed by atoms with Gasteiger partial charge in [0.2, 0.25) is 0 Å². The van der Waals surface area contributed by atoms with Crippen LogP contribution < -0.4 is 10.5 Å². The van der Waals surface area contributed by atoms with Gasteiger partial charge in [-0.05, 0) is 30.5 Å². The minimum atomic E-state index is 0.0165. The van der Waals surface area contributed by atoms with E-state index in [1.165, 1.54) is 0 Å². The third-order valence-electron chi connectivity index (χ3n) is 2.41. The number of halogens is 1. The van der Waals surface area contributed by atoms with Crippen LogP contribution in [0.15, 0.2) is 22.7 Å². The van der Waals surface area contributed by atoms with E-state index in [2.05, 4.69) is 29.8 Å². The van der Waals surface area contributed by atoms with Gasteiger partial charge in [0.15, 0.2) is 0 Å². The third kappa shape index (κ3) is 5.38. The molecule has 4 heteroatoms. The molecule has 0 radical (unpaired) electrons. The topological polar surface area (TPSA) is 44.5 Å². The van der Waals surface area contributed by atoms with Gasteiger partial charge in [-0.1, -0.05) is 35.8 Å². The predicted molar refractivity (Wildman–Crippen MR) is 77.9 cm³/mol. The molecule has 0 fully saturated rings. The maximum Gasteiger partial charge on any atom is 0.120 e. The van der Waals surface area contributed by atoms with Crippen LogP contribution in [-0.4, -0.2) is 19.8 Å². The maximum absolute atomic E-state index is 5.84. The van der Waals surface area contributed by atoms with Gasteiger partial charge in [0.05, 0.1) is 6.61 Å². The number of hydrogen-bond acceptors (Lipinski definition) is 3. The van der Waals surface area contributed by atoms with E-state index in [9.17, 15) is 0 Å². The van der Waals surface area contributed by atoms with Crippen LogP contribution in [0, 0.1) is 5.92 Å². The van der Waals surface area contributed by atoms with Crippen molar-refractivity contribution in [1.29, 1.82) is 0 Å². The molecule has 2 N–H and O–H groups in total. The summed E-state index contributed by atoms with van der Waals surface area (Å²) in [6.45, 7) is 8.17. The molecule has 0 aromatic heterocycles. The first-order chi connectivity index (χ1) is 8.50. The minimum Gasteiger partial charge on any atom is -0.491 e. The number of benzene rings is 1. The Morgan fingerprint density at radius 2 is 1.94 bits per heavy atom. The standard InChI is InChI=1S/C14H22BrNO2/c1-10(2)9-17-6-7-18-12-4-5-13(11(3)16)14(15)8-12/h4-5,8,10-11H,6-7,9,16H2,1-3H3. The molecule has 1 unspecified atom stereocenters. The van der Waals surface area contributed by atoms with Crippen molar-refractivity contribution >= 4 is 15.9 Å². The van der Waals surface area contributed by atoms with Gasteiger partial charge in [0.25, 0.3) is 0 Å². The largest absolute Gasteiger partial charge is 0.491 e. The van der Waals surface area contributed by atoms with Crippen molar-refractivity contribution in [2.45, 2.75) is 26.8 Å². The Hall–Kier alpha value is -0.580. The Morgan fingerprint density at radius 1 is 1.22 bits per heavy atom. The van der Waals surface area contributed by atoms with Crippen LogP contribution in [-0.2, 0) is 4.74 Å². The second kappa shape index (κ2) is 7.77. The van der Waals surface area contributed by atoms with Crippen LogP contribution in [0.4, 0.5) is 0 Å². The highest BCUT2D eigenvalue weighted by Gasteiger charge is 2.06.